The topological polar surface area (TPSA) is 82.3 Å². The maximum Gasteiger partial charge on any atom is 0.401 e. The highest BCUT2D eigenvalue weighted by atomic mass is 19.4. The van der Waals surface area contributed by atoms with E-state index in [2.05, 4.69) is 10.6 Å². The molecule has 1 rings (SSSR count). The number of alkyl halides is 6. The second-order valence-corrected chi connectivity index (χ2v) is 8.08. The van der Waals surface area contributed by atoms with Crippen LogP contribution >= 0.6 is 0 Å². The van der Waals surface area contributed by atoms with Gasteiger partial charge in [0.1, 0.15) is 0 Å². The minimum Gasteiger partial charge on any atom is -0.351 e. The zero-order chi connectivity index (χ0) is 22.0. The van der Waals surface area contributed by atoms with Crippen molar-refractivity contribution in [1.29, 1.82) is 0 Å². The molecule has 0 aliphatic heterocycles. The van der Waals surface area contributed by atoms with Crippen molar-refractivity contribution in [2.75, 3.05) is 26.2 Å². The van der Waals surface area contributed by atoms with Gasteiger partial charge in [-0.15, -0.1) is 0 Å². The van der Waals surface area contributed by atoms with Crippen LogP contribution in [0.3, 0.4) is 0 Å². The molecule has 12 heteroatoms. The number of nitrogens with one attached hydrogen (secondary N) is 4. The Kier molecular flexibility index (Phi) is 7.38. The highest BCUT2D eigenvalue weighted by Crippen LogP contribution is 2.53. The molecule has 0 radical (unpaired) electrons. The van der Waals surface area contributed by atoms with E-state index in [1.54, 1.807) is 27.7 Å². The predicted molar refractivity (Wildman–Crippen MR) is 89.3 cm³/mol. The van der Waals surface area contributed by atoms with E-state index in [1.807, 2.05) is 10.6 Å². The number of hydrogen-bond acceptors (Lipinski definition) is 4. The molecule has 0 aromatic carbocycles. The molecule has 0 spiro atoms. The summed E-state index contributed by atoms with van der Waals surface area (Å²) >= 11 is 0. The van der Waals surface area contributed by atoms with Gasteiger partial charge in [0.2, 0.25) is 11.8 Å². The summed E-state index contributed by atoms with van der Waals surface area (Å²) in [6, 6.07) is -0.901. The Labute approximate surface area is 159 Å². The lowest BCUT2D eigenvalue weighted by Crippen LogP contribution is -2.78. The first kappa shape index (κ1) is 24.5. The van der Waals surface area contributed by atoms with E-state index in [-0.39, 0.29) is 0 Å². The van der Waals surface area contributed by atoms with E-state index in [0.29, 0.717) is 0 Å². The summed E-state index contributed by atoms with van der Waals surface area (Å²) in [5.41, 5.74) is -1.30. The molecule has 1 saturated carbocycles. The summed E-state index contributed by atoms with van der Waals surface area (Å²) in [5, 5.41) is 9.34. The molecule has 0 unspecified atom stereocenters. The molecule has 0 bridgehead atoms. The summed E-state index contributed by atoms with van der Waals surface area (Å²) < 4.78 is 72.7. The lowest BCUT2D eigenvalue weighted by atomic mass is 9.48. The number of rotatable bonds is 8. The minimum atomic E-state index is -4.43. The molecule has 2 amide bonds. The second-order valence-electron chi connectivity index (χ2n) is 8.08. The summed E-state index contributed by atoms with van der Waals surface area (Å²) in [5.74, 6) is -1.24. The van der Waals surface area contributed by atoms with E-state index in [4.69, 9.17) is 0 Å². The van der Waals surface area contributed by atoms with Crippen molar-refractivity contribution in [1.82, 2.24) is 21.3 Å². The third-order valence-corrected chi connectivity index (χ3v) is 4.81. The standard InChI is InChI=1S/C16H26F6N4O2/c1-13(2)11(25-9(27)5-23-7-15(17,18)19)14(3,4)12(13)26-10(28)6-24-8-16(20,21)22/h11-12,23-24H,5-8H2,1-4H3,(H,25,27)(H,26,28). The molecule has 0 heterocycles. The van der Waals surface area contributed by atoms with Crippen LogP contribution in [0.4, 0.5) is 26.3 Å². The SMILES string of the molecule is CC1(C)C(NC(=O)CNCC(F)(F)F)C(C)(C)C1NC(=O)CNCC(F)(F)F. The third kappa shape index (κ3) is 6.80. The summed E-state index contributed by atoms with van der Waals surface area (Å²) in [4.78, 5) is 23.9. The van der Waals surface area contributed by atoms with E-state index in [9.17, 15) is 35.9 Å². The minimum absolute atomic E-state index is 0.450. The van der Waals surface area contributed by atoms with Gasteiger partial charge in [0, 0.05) is 22.9 Å². The monoisotopic (exact) mass is 420 g/mol. The van der Waals surface area contributed by atoms with Gasteiger partial charge in [0.25, 0.3) is 0 Å². The van der Waals surface area contributed by atoms with Crippen LogP contribution in [-0.2, 0) is 9.59 Å². The lowest BCUT2D eigenvalue weighted by Gasteiger charge is -2.64. The van der Waals surface area contributed by atoms with Crippen LogP contribution in [0.2, 0.25) is 0 Å². The van der Waals surface area contributed by atoms with Crippen molar-refractivity contribution in [2.45, 2.75) is 52.1 Å². The number of carbonyl (C=O) groups excluding carboxylic acids is 2. The Morgan fingerprint density at radius 1 is 0.714 bits per heavy atom. The Bertz CT molecular complexity index is 512. The Morgan fingerprint density at radius 3 is 1.25 bits per heavy atom. The molecule has 1 fully saturated rings. The van der Waals surface area contributed by atoms with Crippen molar-refractivity contribution in [3.63, 3.8) is 0 Å². The first-order valence-electron chi connectivity index (χ1n) is 8.60. The van der Waals surface area contributed by atoms with E-state index < -0.39 is 73.3 Å². The van der Waals surface area contributed by atoms with Crippen LogP contribution in [0, 0.1) is 10.8 Å². The average molecular weight is 420 g/mol. The smallest absolute Gasteiger partial charge is 0.351 e. The summed E-state index contributed by atoms with van der Waals surface area (Å²) in [7, 11) is 0. The Hall–Kier alpha value is -1.56. The van der Waals surface area contributed by atoms with Crippen LogP contribution in [0.1, 0.15) is 27.7 Å². The second kappa shape index (κ2) is 8.44. The number of hydrogen-bond donors (Lipinski definition) is 4. The fourth-order valence-corrected chi connectivity index (χ4v) is 3.96. The maximum atomic E-state index is 12.1. The van der Waals surface area contributed by atoms with Crippen molar-refractivity contribution in [3.8, 4) is 0 Å². The molecule has 4 N–H and O–H groups in total. The predicted octanol–water partition coefficient (Wildman–Crippen LogP) is 1.33. The van der Waals surface area contributed by atoms with Gasteiger partial charge in [0.05, 0.1) is 26.2 Å². The molecule has 28 heavy (non-hydrogen) atoms. The van der Waals surface area contributed by atoms with Crippen LogP contribution in [0.5, 0.6) is 0 Å². The van der Waals surface area contributed by atoms with Gasteiger partial charge >= 0.3 is 12.4 Å². The highest BCUT2D eigenvalue weighted by Gasteiger charge is 2.62. The van der Waals surface area contributed by atoms with Crippen LogP contribution in [-0.4, -0.2) is 62.4 Å². The average Bonchev–Trinajstić information content (AvgIpc) is 2.47. The summed E-state index contributed by atoms with van der Waals surface area (Å²) in [6.45, 7) is 3.39. The van der Waals surface area contributed by atoms with E-state index in [0.717, 1.165) is 0 Å². The molecule has 0 saturated heterocycles. The van der Waals surface area contributed by atoms with Gasteiger partial charge in [-0.1, -0.05) is 27.7 Å². The normalized spacial score (nSPS) is 23.6. The largest absolute Gasteiger partial charge is 0.401 e. The fourth-order valence-electron chi connectivity index (χ4n) is 3.96. The van der Waals surface area contributed by atoms with Crippen molar-refractivity contribution in [2.24, 2.45) is 10.8 Å². The molecule has 0 aromatic heterocycles. The van der Waals surface area contributed by atoms with Gasteiger partial charge in [-0.25, -0.2) is 0 Å². The first-order valence-corrected chi connectivity index (χ1v) is 8.60. The molecule has 1 aliphatic carbocycles. The number of amides is 2. The quantitative estimate of drug-likeness (QED) is 0.447. The molecule has 0 aromatic rings. The van der Waals surface area contributed by atoms with E-state index in [1.165, 1.54) is 0 Å². The molecular formula is C16H26F6N4O2. The molecule has 6 nitrogen and oxygen atoms in total. The van der Waals surface area contributed by atoms with Crippen molar-refractivity contribution < 1.29 is 35.9 Å². The lowest BCUT2D eigenvalue weighted by molar-refractivity contribution is -0.142. The highest BCUT2D eigenvalue weighted by molar-refractivity contribution is 5.80. The Balaban J connectivity index is 2.56. The van der Waals surface area contributed by atoms with Gasteiger partial charge in [0.15, 0.2) is 0 Å². The van der Waals surface area contributed by atoms with Gasteiger partial charge < -0.3 is 21.3 Å². The summed E-state index contributed by atoms with van der Waals surface area (Å²) in [6.07, 6.45) is -8.85. The first-order chi connectivity index (χ1) is 12.5. The zero-order valence-corrected chi connectivity index (χ0v) is 16.1. The number of carbonyl (C=O) groups is 2. The third-order valence-electron chi connectivity index (χ3n) is 4.81. The number of halogens is 6. The van der Waals surface area contributed by atoms with Crippen LogP contribution in [0.15, 0.2) is 0 Å². The molecular weight excluding hydrogens is 394 g/mol. The van der Waals surface area contributed by atoms with E-state index >= 15 is 0 Å². The van der Waals surface area contributed by atoms with Crippen molar-refractivity contribution in [3.05, 3.63) is 0 Å². The zero-order valence-electron chi connectivity index (χ0n) is 16.1. The molecule has 0 atom stereocenters. The van der Waals surface area contributed by atoms with Crippen LogP contribution in [0.25, 0.3) is 0 Å². The Morgan fingerprint density at radius 2 is 1.00 bits per heavy atom. The molecule has 1 aliphatic rings. The fraction of sp³-hybridized carbons (Fsp3) is 0.875. The van der Waals surface area contributed by atoms with Gasteiger partial charge in [-0.2, -0.15) is 26.3 Å². The van der Waals surface area contributed by atoms with Gasteiger partial charge in [-0.3, -0.25) is 9.59 Å². The van der Waals surface area contributed by atoms with Gasteiger partial charge in [-0.05, 0) is 0 Å². The van der Waals surface area contributed by atoms with Crippen LogP contribution < -0.4 is 21.3 Å². The maximum absolute atomic E-state index is 12.1. The van der Waals surface area contributed by atoms with Crippen molar-refractivity contribution >= 4 is 11.8 Å². The molecule has 164 valence electrons.